The van der Waals surface area contributed by atoms with Crippen molar-refractivity contribution < 1.29 is 19.7 Å². The molecule has 2 atom stereocenters. The predicted molar refractivity (Wildman–Crippen MR) is 122 cm³/mol. The molecule has 2 aromatic rings. The molecular weight excluding hydrogens is 376 g/mol. The van der Waals surface area contributed by atoms with Gasteiger partial charge in [0.05, 0.1) is 14.2 Å². The van der Waals surface area contributed by atoms with E-state index in [9.17, 15) is 10.2 Å². The lowest BCUT2D eigenvalue weighted by atomic mass is 9.78. The van der Waals surface area contributed by atoms with Gasteiger partial charge in [-0.05, 0) is 60.1 Å². The Morgan fingerprint density at radius 3 is 2.17 bits per heavy atom. The van der Waals surface area contributed by atoms with Crippen molar-refractivity contribution >= 4 is 6.08 Å². The number of ether oxygens (including phenoxy) is 2. The second kappa shape index (κ2) is 11.0. The first-order valence-electron chi connectivity index (χ1n) is 11.0. The van der Waals surface area contributed by atoms with Gasteiger partial charge >= 0.3 is 0 Å². The highest BCUT2D eigenvalue weighted by Crippen LogP contribution is 2.39. The number of phenolic OH excluding ortho intramolecular Hbond substituents is 2. The van der Waals surface area contributed by atoms with Crippen molar-refractivity contribution in [2.45, 2.75) is 57.3 Å². The zero-order valence-electron chi connectivity index (χ0n) is 18.1. The van der Waals surface area contributed by atoms with Crippen molar-refractivity contribution in [2.24, 2.45) is 5.92 Å². The van der Waals surface area contributed by atoms with Crippen molar-refractivity contribution in [3.05, 3.63) is 53.6 Å². The third-order valence-corrected chi connectivity index (χ3v) is 6.19. The molecule has 30 heavy (non-hydrogen) atoms. The minimum Gasteiger partial charge on any atom is -0.504 e. The molecule has 1 aliphatic rings. The molecule has 0 aromatic heterocycles. The number of rotatable bonds is 5. The van der Waals surface area contributed by atoms with Crippen LogP contribution in [-0.4, -0.2) is 24.4 Å². The Kier molecular flexibility index (Phi) is 8.06. The molecule has 0 heterocycles. The largest absolute Gasteiger partial charge is 0.504 e. The SMILES string of the molecule is COc1ccc(C2CCCCCCCCC2/C=C/c2ccc(O)c(O)c2)cc1OC. The van der Waals surface area contributed by atoms with Crippen LogP contribution in [0.4, 0.5) is 0 Å². The zero-order chi connectivity index (χ0) is 21.3. The van der Waals surface area contributed by atoms with Crippen LogP contribution in [0.5, 0.6) is 23.0 Å². The van der Waals surface area contributed by atoms with E-state index in [0.717, 1.165) is 29.9 Å². The summed E-state index contributed by atoms with van der Waals surface area (Å²) in [6.45, 7) is 0. The molecule has 0 aliphatic heterocycles. The summed E-state index contributed by atoms with van der Waals surface area (Å²) in [7, 11) is 3.35. The molecule has 2 N–H and O–H groups in total. The lowest BCUT2D eigenvalue weighted by Gasteiger charge is -2.27. The van der Waals surface area contributed by atoms with Crippen LogP contribution in [-0.2, 0) is 0 Å². The number of phenols is 2. The Labute approximate surface area is 180 Å². The molecule has 2 aromatic carbocycles. The van der Waals surface area contributed by atoms with Gasteiger partial charge in [0.15, 0.2) is 23.0 Å². The first-order valence-corrected chi connectivity index (χ1v) is 11.0. The fourth-order valence-electron chi connectivity index (χ4n) is 4.47. The van der Waals surface area contributed by atoms with Crippen molar-refractivity contribution in [2.75, 3.05) is 14.2 Å². The number of methoxy groups -OCH3 is 2. The van der Waals surface area contributed by atoms with Crippen LogP contribution in [0.25, 0.3) is 6.08 Å². The van der Waals surface area contributed by atoms with Gasteiger partial charge in [0, 0.05) is 0 Å². The fraction of sp³-hybridized carbons (Fsp3) is 0.462. The number of aromatic hydroxyl groups is 2. The van der Waals surface area contributed by atoms with Gasteiger partial charge in [-0.15, -0.1) is 0 Å². The third kappa shape index (κ3) is 5.71. The minimum absolute atomic E-state index is 0.0838. The van der Waals surface area contributed by atoms with Crippen molar-refractivity contribution in [1.29, 1.82) is 0 Å². The molecule has 0 amide bonds. The van der Waals surface area contributed by atoms with Crippen LogP contribution >= 0.6 is 0 Å². The summed E-state index contributed by atoms with van der Waals surface area (Å²) in [6.07, 6.45) is 14.3. The van der Waals surface area contributed by atoms with E-state index in [1.54, 1.807) is 20.3 Å². The highest BCUT2D eigenvalue weighted by Gasteiger charge is 2.23. The van der Waals surface area contributed by atoms with Gasteiger partial charge < -0.3 is 19.7 Å². The summed E-state index contributed by atoms with van der Waals surface area (Å²) in [5.41, 5.74) is 2.19. The third-order valence-electron chi connectivity index (χ3n) is 6.19. The van der Waals surface area contributed by atoms with Crippen LogP contribution in [0, 0.1) is 5.92 Å². The highest BCUT2D eigenvalue weighted by molar-refractivity contribution is 5.55. The number of benzene rings is 2. The summed E-state index contributed by atoms with van der Waals surface area (Å²) in [6, 6.07) is 11.3. The lowest BCUT2D eigenvalue weighted by Crippen LogP contribution is -2.13. The quantitative estimate of drug-likeness (QED) is 0.541. The van der Waals surface area contributed by atoms with E-state index in [-0.39, 0.29) is 11.5 Å². The summed E-state index contributed by atoms with van der Waals surface area (Å²) in [5, 5.41) is 19.4. The van der Waals surface area contributed by atoms with Crippen LogP contribution in [0.15, 0.2) is 42.5 Å². The van der Waals surface area contributed by atoms with Gasteiger partial charge in [-0.25, -0.2) is 0 Å². The molecule has 1 saturated carbocycles. The molecule has 1 fully saturated rings. The van der Waals surface area contributed by atoms with E-state index in [1.807, 2.05) is 12.1 Å². The van der Waals surface area contributed by atoms with Gasteiger partial charge in [-0.1, -0.05) is 62.8 Å². The minimum atomic E-state index is -0.0888. The van der Waals surface area contributed by atoms with Gasteiger partial charge in [0.25, 0.3) is 0 Å². The predicted octanol–water partition coefficient (Wildman–Crippen LogP) is 6.66. The van der Waals surface area contributed by atoms with Gasteiger partial charge in [0.1, 0.15) is 0 Å². The molecule has 3 rings (SSSR count). The monoisotopic (exact) mass is 410 g/mol. The number of hydrogen-bond acceptors (Lipinski definition) is 4. The Bertz CT molecular complexity index is 843. The molecule has 0 bridgehead atoms. The van der Waals surface area contributed by atoms with Crippen LogP contribution in [0.1, 0.15) is 68.4 Å². The van der Waals surface area contributed by atoms with Crippen LogP contribution < -0.4 is 9.47 Å². The maximum absolute atomic E-state index is 9.82. The Hall–Kier alpha value is -2.62. The Morgan fingerprint density at radius 1 is 0.767 bits per heavy atom. The average molecular weight is 411 g/mol. The topological polar surface area (TPSA) is 58.9 Å². The molecular formula is C26H34O4. The molecule has 162 valence electrons. The van der Waals surface area contributed by atoms with E-state index < -0.39 is 0 Å². The molecule has 4 nitrogen and oxygen atoms in total. The molecule has 4 heteroatoms. The average Bonchev–Trinajstić information content (AvgIpc) is 2.77. The van der Waals surface area contributed by atoms with Crippen LogP contribution in [0.3, 0.4) is 0 Å². The fourth-order valence-corrected chi connectivity index (χ4v) is 4.47. The van der Waals surface area contributed by atoms with E-state index in [0.29, 0.717) is 11.8 Å². The summed E-state index contributed by atoms with van der Waals surface area (Å²) in [5.74, 6) is 2.17. The molecule has 0 saturated heterocycles. The maximum Gasteiger partial charge on any atom is 0.160 e. The standard InChI is InChI=1S/C26H34O4/c1-29-25-16-14-21(18-26(25)30-2)22-10-8-6-4-3-5-7-9-20(22)13-11-19-12-15-23(27)24(28)17-19/h11-18,20,22,27-28H,3-10H2,1-2H3/b13-11+. The van der Waals surface area contributed by atoms with E-state index in [2.05, 4.69) is 24.3 Å². The van der Waals surface area contributed by atoms with Crippen molar-refractivity contribution in [3.63, 3.8) is 0 Å². The van der Waals surface area contributed by atoms with Crippen LogP contribution in [0.2, 0.25) is 0 Å². The summed E-state index contributed by atoms with van der Waals surface area (Å²) < 4.78 is 11.0. The molecule has 2 unspecified atom stereocenters. The first-order chi connectivity index (χ1) is 14.6. The van der Waals surface area contributed by atoms with Gasteiger partial charge in [-0.2, -0.15) is 0 Å². The van der Waals surface area contributed by atoms with E-state index in [1.165, 1.54) is 50.2 Å². The molecule has 0 radical (unpaired) electrons. The number of hydrogen-bond donors (Lipinski definition) is 2. The smallest absolute Gasteiger partial charge is 0.160 e. The Balaban J connectivity index is 1.91. The van der Waals surface area contributed by atoms with Gasteiger partial charge in [0.2, 0.25) is 0 Å². The van der Waals surface area contributed by atoms with Crippen molar-refractivity contribution in [1.82, 2.24) is 0 Å². The lowest BCUT2D eigenvalue weighted by molar-refractivity contribution is 0.351. The molecule has 1 aliphatic carbocycles. The Morgan fingerprint density at radius 2 is 1.47 bits per heavy atom. The highest BCUT2D eigenvalue weighted by atomic mass is 16.5. The summed E-state index contributed by atoms with van der Waals surface area (Å²) in [4.78, 5) is 0. The molecule has 0 spiro atoms. The summed E-state index contributed by atoms with van der Waals surface area (Å²) >= 11 is 0. The normalized spacial score (nSPS) is 20.7. The second-order valence-corrected chi connectivity index (χ2v) is 8.19. The zero-order valence-corrected chi connectivity index (χ0v) is 18.1. The van der Waals surface area contributed by atoms with E-state index >= 15 is 0 Å². The van der Waals surface area contributed by atoms with E-state index in [4.69, 9.17) is 9.47 Å². The first kappa shape index (κ1) is 22.1. The maximum atomic E-state index is 9.82. The van der Waals surface area contributed by atoms with Crippen molar-refractivity contribution in [3.8, 4) is 23.0 Å². The second-order valence-electron chi connectivity index (χ2n) is 8.19. The van der Waals surface area contributed by atoms with Gasteiger partial charge in [-0.3, -0.25) is 0 Å². The number of allylic oxidation sites excluding steroid dienone is 1.